The highest BCUT2D eigenvalue weighted by molar-refractivity contribution is 8.01. The van der Waals surface area contributed by atoms with Gasteiger partial charge in [0, 0.05) is 18.0 Å². The highest BCUT2D eigenvalue weighted by Gasteiger charge is 2.04. The molecular formula is C11H14N2OS2. The molecule has 3 nitrogen and oxygen atoms in total. The molecule has 0 spiro atoms. The molecule has 0 amide bonds. The maximum atomic E-state index is 5.72. The maximum Gasteiger partial charge on any atom is 0.151 e. The quantitative estimate of drug-likeness (QED) is 0.506. The number of aromatic nitrogens is 1. The Hall–Kier alpha value is -0.780. The van der Waals surface area contributed by atoms with E-state index in [1.54, 1.807) is 23.1 Å². The highest BCUT2D eigenvalue weighted by atomic mass is 32.2. The van der Waals surface area contributed by atoms with Crippen LogP contribution in [-0.2, 0) is 4.74 Å². The Morgan fingerprint density at radius 1 is 1.50 bits per heavy atom. The molecule has 1 aromatic carbocycles. The van der Waals surface area contributed by atoms with Gasteiger partial charge in [-0.3, -0.25) is 0 Å². The van der Waals surface area contributed by atoms with Crippen molar-refractivity contribution in [1.29, 1.82) is 0 Å². The normalized spacial score (nSPS) is 11.1. The molecule has 0 unspecified atom stereocenters. The summed E-state index contributed by atoms with van der Waals surface area (Å²) < 4.78 is 7.52. The van der Waals surface area contributed by atoms with E-state index in [-0.39, 0.29) is 0 Å². The molecule has 2 aromatic rings. The van der Waals surface area contributed by atoms with E-state index in [9.17, 15) is 0 Å². The second kappa shape index (κ2) is 5.52. The summed E-state index contributed by atoms with van der Waals surface area (Å²) in [6, 6.07) is 5.82. The summed E-state index contributed by atoms with van der Waals surface area (Å²) in [6.45, 7) is 3.56. The molecule has 0 bridgehead atoms. The minimum absolute atomic E-state index is 0.775. The molecule has 16 heavy (non-hydrogen) atoms. The fourth-order valence-electron chi connectivity index (χ4n) is 1.31. The zero-order chi connectivity index (χ0) is 11.4. The van der Waals surface area contributed by atoms with Crippen LogP contribution < -0.4 is 5.73 Å². The van der Waals surface area contributed by atoms with Crippen LogP contribution in [0.2, 0.25) is 0 Å². The van der Waals surface area contributed by atoms with Crippen molar-refractivity contribution in [2.75, 3.05) is 24.7 Å². The minimum atomic E-state index is 0.775. The van der Waals surface area contributed by atoms with Gasteiger partial charge in [-0.05, 0) is 25.1 Å². The van der Waals surface area contributed by atoms with Gasteiger partial charge in [0.15, 0.2) is 4.34 Å². The molecule has 86 valence electrons. The predicted octanol–water partition coefficient (Wildman–Crippen LogP) is 3.01. The Morgan fingerprint density at radius 2 is 2.38 bits per heavy atom. The van der Waals surface area contributed by atoms with E-state index in [0.717, 1.165) is 39.2 Å². The number of hydrogen-bond acceptors (Lipinski definition) is 5. The largest absolute Gasteiger partial charge is 0.399 e. The fourth-order valence-corrected chi connectivity index (χ4v) is 3.35. The van der Waals surface area contributed by atoms with E-state index in [1.165, 1.54) is 0 Å². The van der Waals surface area contributed by atoms with Crippen LogP contribution in [0, 0.1) is 0 Å². The molecule has 0 saturated heterocycles. The van der Waals surface area contributed by atoms with Gasteiger partial charge in [-0.2, -0.15) is 0 Å². The van der Waals surface area contributed by atoms with Crippen LogP contribution in [0.3, 0.4) is 0 Å². The third-order valence-electron chi connectivity index (χ3n) is 2.05. The topological polar surface area (TPSA) is 48.1 Å². The van der Waals surface area contributed by atoms with E-state index in [4.69, 9.17) is 10.5 Å². The Kier molecular flexibility index (Phi) is 4.04. The first-order valence-electron chi connectivity index (χ1n) is 5.16. The van der Waals surface area contributed by atoms with Crippen molar-refractivity contribution in [2.24, 2.45) is 0 Å². The number of nitrogens with two attached hydrogens (primary N) is 1. The van der Waals surface area contributed by atoms with Gasteiger partial charge in [0.1, 0.15) is 0 Å². The van der Waals surface area contributed by atoms with E-state index < -0.39 is 0 Å². The molecule has 0 aliphatic heterocycles. The van der Waals surface area contributed by atoms with Crippen LogP contribution in [0.5, 0.6) is 0 Å². The molecule has 0 fully saturated rings. The van der Waals surface area contributed by atoms with Gasteiger partial charge in [0.25, 0.3) is 0 Å². The van der Waals surface area contributed by atoms with Crippen molar-refractivity contribution in [3.05, 3.63) is 18.2 Å². The standard InChI is InChI=1S/C11H14N2OS2/c1-2-14-5-6-15-11-13-9-4-3-8(12)7-10(9)16-11/h3-4,7H,2,5-6,12H2,1H3. The Labute approximate surface area is 103 Å². The first-order valence-corrected chi connectivity index (χ1v) is 6.96. The van der Waals surface area contributed by atoms with E-state index in [2.05, 4.69) is 4.98 Å². The number of thiazole rings is 1. The average molecular weight is 254 g/mol. The highest BCUT2D eigenvalue weighted by Crippen LogP contribution is 2.30. The van der Waals surface area contributed by atoms with Crippen LogP contribution in [0.25, 0.3) is 10.2 Å². The summed E-state index contributed by atoms with van der Waals surface area (Å²) in [5, 5.41) is 0. The molecule has 1 heterocycles. The lowest BCUT2D eigenvalue weighted by Gasteiger charge is -1.97. The molecule has 0 saturated carbocycles. The molecule has 5 heteroatoms. The lowest BCUT2D eigenvalue weighted by Crippen LogP contribution is -1.95. The predicted molar refractivity (Wildman–Crippen MR) is 71.2 cm³/mol. The number of anilines is 1. The maximum absolute atomic E-state index is 5.72. The Morgan fingerprint density at radius 3 is 3.19 bits per heavy atom. The molecular weight excluding hydrogens is 240 g/mol. The van der Waals surface area contributed by atoms with Gasteiger partial charge in [0.05, 0.1) is 16.8 Å². The van der Waals surface area contributed by atoms with Crippen molar-refractivity contribution in [2.45, 2.75) is 11.3 Å². The van der Waals surface area contributed by atoms with Gasteiger partial charge in [-0.1, -0.05) is 11.8 Å². The molecule has 2 rings (SSSR count). The molecule has 0 aliphatic rings. The van der Waals surface area contributed by atoms with Crippen molar-refractivity contribution in [1.82, 2.24) is 4.98 Å². The first-order chi connectivity index (χ1) is 7.79. The average Bonchev–Trinajstić information content (AvgIpc) is 2.66. The summed E-state index contributed by atoms with van der Waals surface area (Å²) in [5.41, 5.74) is 7.54. The number of hydrogen-bond donors (Lipinski definition) is 1. The molecule has 0 atom stereocenters. The minimum Gasteiger partial charge on any atom is -0.399 e. The Bertz CT molecular complexity index is 470. The number of fused-ring (bicyclic) bond motifs is 1. The first kappa shape index (κ1) is 11.7. The van der Waals surface area contributed by atoms with Crippen LogP contribution >= 0.6 is 23.1 Å². The number of ether oxygens (including phenoxy) is 1. The van der Waals surface area contributed by atoms with Gasteiger partial charge in [0.2, 0.25) is 0 Å². The zero-order valence-electron chi connectivity index (χ0n) is 9.10. The number of nitrogens with zero attached hydrogens (tertiary/aromatic N) is 1. The third kappa shape index (κ3) is 2.87. The van der Waals surface area contributed by atoms with E-state index in [0.29, 0.717) is 0 Å². The van der Waals surface area contributed by atoms with Crippen molar-refractivity contribution < 1.29 is 4.74 Å². The Balaban J connectivity index is 2.02. The van der Waals surface area contributed by atoms with Gasteiger partial charge >= 0.3 is 0 Å². The summed E-state index contributed by atoms with van der Waals surface area (Å²) >= 11 is 3.42. The van der Waals surface area contributed by atoms with Crippen molar-refractivity contribution in [3.63, 3.8) is 0 Å². The van der Waals surface area contributed by atoms with Gasteiger partial charge in [-0.25, -0.2) is 4.98 Å². The summed E-state index contributed by atoms with van der Waals surface area (Å²) in [7, 11) is 0. The monoisotopic (exact) mass is 254 g/mol. The SMILES string of the molecule is CCOCCSc1nc2ccc(N)cc2s1. The van der Waals surface area contributed by atoms with E-state index in [1.807, 2.05) is 25.1 Å². The lowest BCUT2D eigenvalue weighted by atomic mass is 10.3. The van der Waals surface area contributed by atoms with Crippen LogP contribution in [0.4, 0.5) is 5.69 Å². The van der Waals surface area contributed by atoms with Crippen LogP contribution in [0.1, 0.15) is 6.92 Å². The molecule has 1 aromatic heterocycles. The second-order valence-electron chi connectivity index (χ2n) is 3.25. The van der Waals surface area contributed by atoms with Gasteiger partial charge in [-0.15, -0.1) is 11.3 Å². The van der Waals surface area contributed by atoms with Gasteiger partial charge < -0.3 is 10.5 Å². The summed E-state index contributed by atoms with van der Waals surface area (Å²) in [4.78, 5) is 4.52. The number of rotatable bonds is 5. The van der Waals surface area contributed by atoms with Crippen molar-refractivity contribution >= 4 is 39.0 Å². The molecule has 2 N–H and O–H groups in total. The number of nitrogen functional groups attached to an aromatic ring is 1. The summed E-state index contributed by atoms with van der Waals surface area (Å²) in [5.74, 6) is 0.948. The fraction of sp³-hybridized carbons (Fsp3) is 0.364. The summed E-state index contributed by atoms with van der Waals surface area (Å²) in [6.07, 6.45) is 0. The molecule has 0 radical (unpaired) electrons. The van der Waals surface area contributed by atoms with Crippen LogP contribution in [0.15, 0.2) is 22.5 Å². The van der Waals surface area contributed by atoms with E-state index >= 15 is 0 Å². The number of benzene rings is 1. The lowest BCUT2D eigenvalue weighted by molar-refractivity contribution is 0.164. The van der Waals surface area contributed by atoms with Crippen LogP contribution in [-0.4, -0.2) is 24.0 Å². The number of thioether (sulfide) groups is 1. The second-order valence-corrected chi connectivity index (χ2v) is 5.63. The smallest absolute Gasteiger partial charge is 0.151 e. The van der Waals surface area contributed by atoms with Crippen molar-refractivity contribution in [3.8, 4) is 0 Å². The molecule has 0 aliphatic carbocycles. The third-order valence-corrected chi connectivity index (χ3v) is 4.18. The zero-order valence-corrected chi connectivity index (χ0v) is 10.7.